The van der Waals surface area contributed by atoms with E-state index in [2.05, 4.69) is 24.1 Å². The van der Waals surface area contributed by atoms with Crippen molar-refractivity contribution in [3.8, 4) is 0 Å². The van der Waals surface area contributed by atoms with Gasteiger partial charge in [-0.3, -0.25) is 19.2 Å². The highest BCUT2D eigenvalue weighted by Crippen LogP contribution is 2.56. The van der Waals surface area contributed by atoms with E-state index in [-0.39, 0.29) is 43.8 Å². The van der Waals surface area contributed by atoms with Gasteiger partial charge in [0.05, 0.1) is 31.2 Å². The Morgan fingerprint density at radius 2 is 1.78 bits per heavy atom. The maximum Gasteiger partial charge on any atom is 0.313 e. The van der Waals surface area contributed by atoms with Crippen molar-refractivity contribution < 1.29 is 33.8 Å². The minimum atomic E-state index is -1.40. The van der Waals surface area contributed by atoms with Crippen LogP contribution in [0.4, 0.5) is 11.4 Å². The second-order valence-electron chi connectivity index (χ2n) is 13.1. The third kappa shape index (κ3) is 6.19. The number of carbonyl (C=O) groups is 4. The van der Waals surface area contributed by atoms with Crippen LogP contribution < -0.4 is 15.1 Å². The molecular formula is C35H48N4O7. The van der Waals surface area contributed by atoms with Gasteiger partial charge >= 0.3 is 5.97 Å². The molecule has 0 aromatic heterocycles. The van der Waals surface area contributed by atoms with Crippen LogP contribution in [0.15, 0.2) is 48.6 Å². The third-order valence-corrected chi connectivity index (χ3v) is 9.62. The molecule has 7 atom stereocenters. The van der Waals surface area contributed by atoms with Crippen LogP contribution in [0.3, 0.4) is 0 Å². The Morgan fingerprint density at radius 3 is 2.43 bits per heavy atom. The summed E-state index contributed by atoms with van der Waals surface area (Å²) in [7, 11) is 0. The topological polar surface area (TPSA) is 129 Å². The number of rotatable bonds is 8. The molecule has 0 radical (unpaired) electrons. The van der Waals surface area contributed by atoms with Crippen molar-refractivity contribution in [2.45, 2.75) is 83.8 Å². The molecule has 11 nitrogen and oxygen atoms in total. The van der Waals surface area contributed by atoms with Crippen molar-refractivity contribution in [1.29, 1.82) is 0 Å². The number of cyclic esters (lactones) is 1. The van der Waals surface area contributed by atoms with Crippen molar-refractivity contribution in [2.24, 2.45) is 17.8 Å². The van der Waals surface area contributed by atoms with Gasteiger partial charge in [0, 0.05) is 37.4 Å². The first-order valence-corrected chi connectivity index (χ1v) is 16.6. The van der Waals surface area contributed by atoms with Gasteiger partial charge in [-0.1, -0.05) is 38.2 Å². The number of nitrogens with one attached hydrogen (secondary N) is 1. The molecule has 1 aromatic rings. The van der Waals surface area contributed by atoms with Gasteiger partial charge in [-0.15, -0.1) is 0 Å². The van der Waals surface area contributed by atoms with Gasteiger partial charge in [-0.2, -0.15) is 0 Å². The van der Waals surface area contributed by atoms with Crippen LogP contribution in [-0.4, -0.2) is 96.4 Å². The number of aliphatic hydroxyl groups is 1. The average molecular weight is 637 g/mol. The number of esters is 1. The van der Waals surface area contributed by atoms with Crippen molar-refractivity contribution >= 4 is 35.1 Å². The number of amides is 3. The molecule has 0 unspecified atom stereocenters. The van der Waals surface area contributed by atoms with Crippen LogP contribution in [0.1, 0.15) is 53.9 Å². The Hall–Kier alpha value is -3.70. The van der Waals surface area contributed by atoms with Gasteiger partial charge < -0.3 is 34.6 Å². The molecule has 2 N–H and O–H groups in total. The number of benzene rings is 1. The number of fused-ring (bicyclic) bond motifs is 2. The summed E-state index contributed by atoms with van der Waals surface area (Å²) >= 11 is 0. The first-order valence-electron chi connectivity index (χ1n) is 16.6. The number of nitrogens with zero attached hydrogens (tertiary/aromatic N) is 3. The smallest absolute Gasteiger partial charge is 0.313 e. The monoisotopic (exact) mass is 636 g/mol. The first kappa shape index (κ1) is 33.7. The predicted octanol–water partition coefficient (Wildman–Crippen LogP) is 2.82. The van der Waals surface area contributed by atoms with E-state index in [1.807, 2.05) is 50.3 Å². The summed E-state index contributed by atoms with van der Waals surface area (Å²) in [6.45, 7) is 11.5. The Bertz CT molecular complexity index is 1360. The number of hydrogen-bond donors (Lipinski definition) is 2. The largest absolute Gasteiger partial charge is 0.460 e. The second-order valence-corrected chi connectivity index (χ2v) is 13.1. The summed E-state index contributed by atoms with van der Waals surface area (Å²) in [5.41, 5.74) is 0.263. The molecule has 4 heterocycles. The summed E-state index contributed by atoms with van der Waals surface area (Å²) in [5, 5.41) is 13.4. The number of allylic oxidation sites excluding steroid dienone is 1. The molecule has 2 saturated heterocycles. The van der Waals surface area contributed by atoms with Gasteiger partial charge in [0.1, 0.15) is 23.7 Å². The number of ether oxygens (including phenoxy) is 2. The molecule has 3 amide bonds. The Labute approximate surface area is 271 Å². The molecule has 5 rings (SSSR count). The number of aliphatic hydroxyl groups excluding tert-OH is 1. The molecule has 4 aliphatic heterocycles. The number of anilines is 2. The molecule has 46 heavy (non-hydrogen) atoms. The van der Waals surface area contributed by atoms with Crippen molar-refractivity contribution in [2.75, 3.05) is 42.6 Å². The molecule has 1 spiro atoms. The quantitative estimate of drug-likeness (QED) is 0.330. The first-order chi connectivity index (χ1) is 22.1. The van der Waals surface area contributed by atoms with E-state index in [0.717, 1.165) is 18.8 Å². The summed E-state index contributed by atoms with van der Waals surface area (Å²) < 4.78 is 12.3. The SMILES string of the molecule is CCN(CC)c1ccc(N2C/C=C\CCC(=O)NC[C@H](C)OC(=O)[C@@H]3[C@H]4C(=O)N([C@@H](CO)CC(C)C)[C@H](C2=O)[C@]42C=C[C@H]3O2)cc1. The highest BCUT2D eigenvalue weighted by Gasteiger charge is 2.74. The standard InChI is InChI=1S/C35H48N4O7/c1-6-37(7-2)24-12-14-25(15-13-24)38-18-10-8-9-11-28(41)36-20-23(5)45-34(44)29-27-16-17-35(46-27)30(29)32(42)39(31(35)33(38)43)26(21-40)19-22(3)4/h8,10,12-17,22-23,26-27,29-31,40H,6-7,9,11,18-21H2,1-5H3,(H,36,41)/b10-8-/t23-,26+,27+,29-,30-,31+,35-/m0/s1. The average Bonchev–Trinajstić information content (AvgIpc) is 3.68. The molecule has 250 valence electrons. The maximum atomic E-state index is 15.0. The zero-order valence-electron chi connectivity index (χ0n) is 27.6. The Kier molecular flexibility index (Phi) is 10.2. The molecule has 2 fully saturated rings. The fraction of sp³-hybridized carbons (Fsp3) is 0.600. The van der Waals surface area contributed by atoms with Crippen LogP contribution in [0.2, 0.25) is 0 Å². The number of hydrogen-bond acceptors (Lipinski definition) is 8. The van der Waals surface area contributed by atoms with E-state index in [1.165, 1.54) is 4.90 Å². The van der Waals surface area contributed by atoms with E-state index in [4.69, 9.17) is 9.47 Å². The van der Waals surface area contributed by atoms with Crippen LogP contribution in [0, 0.1) is 17.8 Å². The van der Waals surface area contributed by atoms with Crippen LogP contribution in [0.25, 0.3) is 0 Å². The second kappa shape index (κ2) is 14.0. The fourth-order valence-corrected chi connectivity index (χ4v) is 7.45. The van der Waals surface area contributed by atoms with Crippen LogP contribution >= 0.6 is 0 Å². The Balaban J connectivity index is 1.62. The van der Waals surface area contributed by atoms with Gasteiger partial charge in [0.25, 0.3) is 5.91 Å². The lowest BCUT2D eigenvalue weighted by molar-refractivity contribution is -0.159. The van der Waals surface area contributed by atoms with Gasteiger partial charge in [-0.05, 0) is 63.8 Å². The van der Waals surface area contributed by atoms with E-state index in [0.29, 0.717) is 18.5 Å². The van der Waals surface area contributed by atoms with Crippen LogP contribution in [0.5, 0.6) is 0 Å². The summed E-state index contributed by atoms with van der Waals surface area (Å²) in [6.07, 6.45) is 7.04. The normalized spacial score (nSPS) is 31.2. The maximum absolute atomic E-state index is 15.0. The van der Waals surface area contributed by atoms with Crippen molar-refractivity contribution in [3.05, 3.63) is 48.6 Å². The van der Waals surface area contributed by atoms with Gasteiger partial charge in [0.15, 0.2) is 0 Å². The van der Waals surface area contributed by atoms with Crippen LogP contribution in [-0.2, 0) is 28.7 Å². The molecule has 5 bridgehead atoms. The minimum Gasteiger partial charge on any atom is -0.460 e. The number of likely N-dealkylation sites (tertiary alicyclic amines) is 1. The lowest BCUT2D eigenvalue weighted by Crippen LogP contribution is -2.59. The lowest BCUT2D eigenvalue weighted by atomic mass is 9.74. The highest BCUT2D eigenvalue weighted by molar-refractivity contribution is 6.05. The predicted molar refractivity (Wildman–Crippen MR) is 174 cm³/mol. The molecule has 4 aliphatic rings. The lowest BCUT2D eigenvalue weighted by Gasteiger charge is -2.39. The number of carbonyl (C=O) groups excluding carboxylic acids is 4. The molecule has 0 saturated carbocycles. The van der Waals surface area contributed by atoms with Crippen molar-refractivity contribution in [1.82, 2.24) is 10.2 Å². The molecule has 1 aromatic carbocycles. The van der Waals surface area contributed by atoms with Gasteiger partial charge in [0.2, 0.25) is 11.8 Å². The zero-order valence-corrected chi connectivity index (χ0v) is 27.6. The highest BCUT2D eigenvalue weighted by atomic mass is 16.6. The molecule has 0 aliphatic carbocycles. The Morgan fingerprint density at radius 1 is 1.07 bits per heavy atom. The summed E-state index contributed by atoms with van der Waals surface area (Å²) in [4.78, 5) is 61.0. The van der Waals surface area contributed by atoms with E-state index in [1.54, 1.807) is 24.0 Å². The third-order valence-electron chi connectivity index (χ3n) is 9.62. The van der Waals surface area contributed by atoms with E-state index < -0.39 is 53.6 Å². The van der Waals surface area contributed by atoms with Crippen molar-refractivity contribution in [3.63, 3.8) is 0 Å². The summed E-state index contributed by atoms with van der Waals surface area (Å²) in [6, 6.07) is 5.97. The molecular weight excluding hydrogens is 588 g/mol. The summed E-state index contributed by atoms with van der Waals surface area (Å²) in [5.74, 6) is -3.39. The molecule has 11 heteroatoms. The minimum absolute atomic E-state index is 0.125. The fourth-order valence-electron chi connectivity index (χ4n) is 7.45. The van der Waals surface area contributed by atoms with E-state index in [9.17, 15) is 19.5 Å². The van der Waals surface area contributed by atoms with Gasteiger partial charge in [-0.25, -0.2) is 0 Å². The zero-order chi connectivity index (χ0) is 33.2. The van der Waals surface area contributed by atoms with E-state index >= 15 is 4.79 Å².